The number of nitrogens with zero attached hydrogens (tertiary/aromatic N) is 6. The zero-order valence-electron chi connectivity index (χ0n) is 30.9. The highest BCUT2D eigenvalue weighted by Crippen LogP contribution is 2.42. The van der Waals surface area contributed by atoms with Crippen LogP contribution in [0.1, 0.15) is 87.0 Å². The molecule has 19 nitrogen and oxygen atoms in total. The van der Waals surface area contributed by atoms with Crippen LogP contribution in [0.3, 0.4) is 0 Å². The summed E-state index contributed by atoms with van der Waals surface area (Å²) in [6.07, 6.45) is 0.116. The maximum Gasteiger partial charge on any atom is 0.411 e. The quantitative estimate of drug-likeness (QED) is 0.265. The van der Waals surface area contributed by atoms with Crippen molar-refractivity contribution in [1.29, 1.82) is 0 Å². The van der Waals surface area contributed by atoms with Gasteiger partial charge in [0.15, 0.2) is 12.4 Å². The molecule has 1 aromatic rings. The summed E-state index contributed by atoms with van der Waals surface area (Å²) in [5.74, 6) is -2.39. The standard InChI is InChI=1S/C18H27N5O6.C15H24N2O6/c1-11(24)13(14(25)19-8-12-20-10-21-29-12)22-9-18(15(22)26)6-5-7-23(18)16(27)28-17(2,3)4;1-9(18)10(11(19)20)16-8-15(12(16)21)6-5-7-17(15)13(22)23-14(2,3)4/h10-11,13,24H,5-9H2,1-4H3,(H,19,25);9-10,18H,5-8H2,1-4H3,(H,19,20)/t11-,13+,18?;9-,10+,15?/m11/s1. The summed E-state index contributed by atoms with van der Waals surface area (Å²) in [5.41, 5.74) is -3.38. The Morgan fingerprint density at radius 3 is 1.63 bits per heavy atom. The van der Waals surface area contributed by atoms with Crippen molar-refractivity contribution >= 4 is 35.9 Å². The van der Waals surface area contributed by atoms with Crippen molar-refractivity contribution in [3.63, 3.8) is 0 Å². The molecule has 4 saturated heterocycles. The first-order valence-electron chi connectivity index (χ1n) is 17.3. The second-order valence-corrected chi connectivity index (χ2v) is 15.7. The molecule has 0 aromatic carbocycles. The monoisotopic (exact) mass is 737 g/mol. The summed E-state index contributed by atoms with van der Waals surface area (Å²) in [5, 5.41) is 35.0. The molecule has 4 N–H and O–H groups in total. The number of aliphatic hydroxyl groups excluding tert-OH is 2. The van der Waals surface area contributed by atoms with Crippen LogP contribution in [-0.4, -0.2) is 154 Å². The smallest absolute Gasteiger partial charge is 0.411 e. The number of hydrogen-bond acceptors (Lipinski definition) is 13. The lowest BCUT2D eigenvalue weighted by atomic mass is 9.83. The maximum absolute atomic E-state index is 13.1. The number of carbonyl (C=O) groups excluding carboxylic acids is 5. The summed E-state index contributed by atoms with van der Waals surface area (Å²) >= 11 is 0. The predicted molar refractivity (Wildman–Crippen MR) is 178 cm³/mol. The van der Waals surface area contributed by atoms with Crippen molar-refractivity contribution in [2.75, 3.05) is 26.2 Å². The molecule has 6 atom stereocenters. The normalized spacial score (nSPS) is 25.1. The Bertz CT molecular complexity index is 1520. The largest absolute Gasteiger partial charge is 0.480 e. The van der Waals surface area contributed by atoms with Gasteiger partial charge in [0.2, 0.25) is 11.8 Å². The highest BCUT2D eigenvalue weighted by Gasteiger charge is 2.64. The first-order valence-corrected chi connectivity index (χ1v) is 17.3. The lowest BCUT2D eigenvalue weighted by Crippen LogP contribution is -2.77. The van der Waals surface area contributed by atoms with Gasteiger partial charge in [0, 0.05) is 13.1 Å². The summed E-state index contributed by atoms with van der Waals surface area (Å²) in [7, 11) is 0. The molecule has 2 unspecified atom stereocenters. The number of likely N-dealkylation sites (tertiary alicyclic amines) is 4. The zero-order valence-corrected chi connectivity index (χ0v) is 30.9. The van der Waals surface area contributed by atoms with Gasteiger partial charge in [-0.05, 0) is 81.1 Å². The first kappa shape index (κ1) is 40.3. The molecule has 0 saturated carbocycles. The van der Waals surface area contributed by atoms with E-state index in [0.717, 1.165) is 4.90 Å². The van der Waals surface area contributed by atoms with Gasteiger partial charge in [-0.15, -0.1) is 0 Å². The predicted octanol–water partition coefficient (Wildman–Crippen LogP) is 0.479. The number of nitrogens with one attached hydrogen (secondary N) is 1. The van der Waals surface area contributed by atoms with Crippen LogP contribution in [0.2, 0.25) is 0 Å². The highest BCUT2D eigenvalue weighted by atomic mass is 16.6. The molecule has 290 valence electrons. The third kappa shape index (κ3) is 8.09. The average molecular weight is 738 g/mol. The van der Waals surface area contributed by atoms with E-state index in [1.165, 1.54) is 34.9 Å². The van der Waals surface area contributed by atoms with Gasteiger partial charge >= 0.3 is 18.2 Å². The van der Waals surface area contributed by atoms with E-state index >= 15 is 0 Å². The summed E-state index contributed by atoms with van der Waals surface area (Å²) in [4.78, 5) is 83.6. The van der Waals surface area contributed by atoms with E-state index < -0.39 is 76.5 Å². The van der Waals surface area contributed by atoms with Gasteiger partial charge in [-0.1, -0.05) is 5.16 Å². The molecule has 19 heteroatoms. The summed E-state index contributed by atoms with van der Waals surface area (Å²) < 4.78 is 15.6. The number of hydrogen-bond donors (Lipinski definition) is 4. The van der Waals surface area contributed by atoms with Crippen LogP contribution in [0.5, 0.6) is 0 Å². The lowest BCUT2D eigenvalue weighted by Gasteiger charge is -2.53. The van der Waals surface area contributed by atoms with Crippen LogP contribution in [0, 0.1) is 0 Å². The van der Waals surface area contributed by atoms with E-state index in [2.05, 4.69) is 15.5 Å². The molecular formula is C33H51N7O12. The van der Waals surface area contributed by atoms with Crippen LogP contribution in [0.15, 0.2) is 10.9 Å². The van der Waals surface area contributed by atoms with Gasteiger partial charge in [0.25, 0.3) is 11.8 Å². The summed E-state index contributed by atoms with van der Waals surface area (Å²) in [6, 6.07) is -2.38. The molecule has 0 bridgehead atoms. The molecule has 0 radical (unpaired) electrons. The minimum absolute atomic E-state index is 0.0146. The van der Waals surface area contributed by atoms with Crippen LogP contribution < -0.4 is 5.32 Å². The molecule has 2 spiro atoms. The van der Waals surface area contributed by atoms with Gasteiger partial charge in [0.05, 0.1) is 31.8 Å². The number of carboxylic acid groups (broad SMARTS) is 1. The van der Waals surface area contributed by atoms with E-state index in [1.807, 2.05) is 0 Å². The second-order valence-electron chi connectivity index (χ2n) is 15.7. The molecular weight excluding hydrogens is 686 g/mol. The molecule has 4 aliphatic heterocycles. The number of amides is 5. The first-order chi connectivity index (χ1) is 24.0. The van der Waals surface area contributed by atoms with E-state index in [1.54, 1.807) is 41.5 Å². The Morgan fingerprint density at radius 1 is 0.846 bits per heavy atom. The van der Waals surface area contributed by atoms with Crippen molar-refractivity contribution < 1.29 is 58.1 Å². The number of ether oxygens (including phenoxy) is 2. The minimum atomic E-state index is -1.30. The minimum Gasteiger partial charge on any atom is -0.480 e. The van der Waals surface area contributed by atoms with Gasteiger partial charge in [-0.25, -0.2) is 14.4 Å². The van der Waals surface area contributed by atoms with Crippen molar-refractivity contribution in [3.05, 3.63) is 12.2 Å². The topological polar surface area (TPSA) is 245 Å². The SMILES string of the molecule is C[C@@H](O)[C@@H](C(=O)NCc1ncno1)N1CC2(CCCN2C(=O)OC(C)(C)C)C1=O.C[C@@H](O)[C@@H](C(=O)O)N1CC2(CCCN2C(=O)OC(C)(C)C)C1=O. The molecule has 5 rings (SSSR count). The fourth-order valence-electron chi connectivity index (χ4n) is 7.10. The van der Waals surface area contributed by atoms with Gasteiger partial charge in [-0.3, -0.25) is 24.2 Å². The number of β-lactam (4-membered cyclic amide) rings is 2. The number of rotatable bonds is 8. The Labute approximate surface area is 301 Å². The van der Waals surface area contributed by atoms with Crippen LogP contribution in [0.25, 0.3) is 0 Å². The zero-order chi connectivity index (χ0) is 39.0. The van der Waals surface area contributed by atoms with Crippen LogP contribution >= 0.6 is 0 Å². The number of aliphatic hydroxyl groups is 2. The Hall–Kier alpha value is -4.52. The lowest BCUT2D eigenvalue weighted by molar-refractivity contribution is -0.176. The molecule has 1 aromatic heterocycles. The second kappa shape index (κ2) is 14.8. The molecule has 4 aliphatic rings. The third-order valence-electron chi connectivity index (χ3n) is 9.31. The van der Waals surface area contributed by atoms with Crippen molar-refractivity contribution in [2.45, 2.75) is 134 Å². The van der Waals surface area contributed by atoms with Gasteiger partial charge in [0.1, 0.15) is 28.3 Å². The molecule has 5 amide bonds. The van der Waals surface area contributed by atoms with E-state index in [9.17, 15) is 44.1 Å². The average Bonchev–Trinajstić information content (AvgIpc) is 3.79. The van der Waals surface area contributed by atoms with E-state index in [0.29, 0.717) is 38.8 Å². The molecule has 4 fully saturated rings. The van der Waals surface area contributed by atoms with Crippen molar-refractivity contribution in [3.8, 4) is 0 Å². The fraction of sp³-hybridized carbons (Fsp3) is 0.758. The Balaban J connectivity index is 0.000000239. The fourth-order valence-corrected chi connectivity index (χ4v) is 7.10. The highest BCUT2D eigenvalue weighted by molar-refractivity contribution is 6.00. The maximum atomic E-state index is 13.1. The van der Waals surface area contributed by atoms with Crippen molar-refractivity contribution in [2.24, 2.45) is 0 Å². The number of carboxylic acids is 1. The van der Waals surface area contributed by atoms with E-state index in [-0.39, 0.29) is 31.4 Å². The molecule has 5 heterocycles. The molecule has 0 aliphatic carbocycles. The Kier molecular flexibility index (Phi) is 11.5. The summed E-state index contributed by atoms with van der Waals surface area (Å²) in [6.45, 7) is 14.4. The molecule has 52 heavy (non-hydrogen) atoms. The third-order valence-corrected chi connectivity index (χ3v) is 9.31. The van der Waals surface area contributed by atoms with Gasteiger partial charge < -0.3 is 44.4 Å². The number of aliphatic carboxylic acids is 1. The Morgan fingerprint density at radius 2 is 1.29 bits per heavy atom. The number of aromatic nitrogens is 2. The van der Waals surface area contributed by atoms with Gasteiger partial charge in [-0.2, -0.15) is 4.98 Å². The van der Waals surface area contributed by atoms with Crippen LogP contribution in [0.4, 0.5) is 9.59 Å². The van der Waals surface area contributed by atoms with Crippen LogP contribution in [-0.2, 0) is 35.2 Å². The van der Waals surface area contributed by atoms with Crippen molar-refractivity contribution in [1.82, 2.24) is 35.1 Å². The number of carbonyl (C=O) groups is 6. The van der Waals surface area contributed by atoms with E-state index in [4.69, 9.17) is 14.0 Å².